The van der Waals surface area contributed by atoms with Gasteiger partial charge < -0.3 is 50.3 Å². The molecule has 0 radical (unpaired) electrons. The Balaban J connectivity index is -0.0000000827. The van der Waals surface area contributed by atoms with E-state index in [4.69, 9.17) is 50.3 Å². The molecule has 0 rings (SSSR count). The van der Waals surface area contributed by atoms with E-state index in [0.717, 1.165) is 0 Å². The second kappa shape index (κ2) is 51.5. The van der Waals surface area contributed by atoms with Crippen LogP contribution in [0.1, 0.15) is 62.3 Å². The Morgan fingerprint density at radius 3 is 0.486 bits per heavy atom. The van der Waals surface area contributed by atoms with Crippen LogP contribution in [-0.2, 0) is 69.8 Å². The number of rotatable bonds is 18. The van der Waals surface area contributed by atoms with Crippen molar-refractivity contribution in [3.63, 3.8) is 0 Å². The van der Waals surface area contributed by atoms with Crippen molar-refractivity contribution in [3.05, 3.63) is 0 Å². The Morgan fingerprint density at radius 2 is 0.429 bits per heavy atom. The molecule has 0 aromatic heterocycles. The summed E-state index contributed by atoms with van der Waals surface area (Å²) >= 11 is 0. The van der Waals surface area contributed by atoms with Gasteiger partial charge in [0.15, 0.2) is 0 Å². The van der Waals surface area contributed by atoms with Gasteiger partial charge in [-0.05, 0) is 62.3 Å². The molecule has 0 aliphatic carbocycles. The number of hydrogen-bond acceptors (Lipinski definition) is 11. The Hall–Kier alpha value is 0.893. The van der Waals surface area contributed by atoms with Gasteiger partial charge in [-0.25, -0.2) is 0 Å². The summed E-state index contributed by atoms with van der Waals surface area (Å²) in [4.78, 5) is 16.0. The largest absolute Gasteiger partial charge is 0.332 e. The van der Waals surface area contributed by atoms with E-state index in [2.05, 4.69) is 0 Å². The second-order valence-electron chi connectivity index (χ2n) is 4.43. The summed E-state index contributed by atoms with van der Waals surface area (Å²) in [7, 11) is -3.18. The smallest absolute Gasteiger partial charge is 0.313 e. The average molecular weight is 660 g/mol. The van der Waals surface area contributed by atoms with Crippen LogP contribution >= 0.6 is 25.8 Å². The van der Waals surface area contributed by atoms with Crippen molar-refractivity contribution >= 4 is 39.4 Å². The van der Waals surface area contributed by atoms with Crippen LogP contribution in [0.15, 0.2) is 0 Å². The van der Waals surface area contributed by atoms with Gasteiger partial charge in [-0.1, -0.05) is 0 Å². The summed E-state index contributed by atoms with van der Waals surface area (Å²) in [5, 5.41) is 0. The Kier molecular flexibility index (Phi) is 72.0. The molecule has 0 atom stereocenters. The van der Waals surface area contributed by atoms with E-state index < -0.39 is 25.8 Å². The van der Waals surface area contributed by atoms with Crippen LogP contribution in [-0.4, -0.2) is 73.0 Å². The van der Waals surface area contributed by atoms with Crippen molar-refractivity contribution in [2.75, 3.05) is 59.5 Å². The molecule has 0 aliphatic heterocycles. The minimum Gasteiger partial charge on any atom is -0.313 e. The topological polar surface area (TPSA) is 117 Å². The number of hydrogen-bond donors (Lipinski definition) is 0. The maximum atomic E-state index is 8.00. The van der Waals surface area contributed by atoms with Gasteiger partial charge in [0.05, 0.1) is 59.5 Å². The third kappa shape index (κ3) is 48.5. The van der Waals surface area contributed by atoms with Gasteiger partial charge in [0, 0.05) is 19.5 Å². The zero-order chi connectivity index (χ0) is 27.5. The molecule has 0 heterocycles. The van der Waals surface area contributed by atoms with E-state index in [0.29, 0.717) is 59.5 Å². The van der Waals surface area contributed by atoms with E-state index in [-0.39, 0.29) is 19.5 Å². The maximum Gasteiger partial charge on any atom is 0.332 e. The fourth-order valence-corrected chi connectivity index (χ4v) is 3.85. The fraction of sp³-hybridized carbons (Fsp3) is 0.900. The molecule has 0 unspecified atom stereocenters. The molecular weight excluding hydrogens is 610 g/mol. The Morgan fingerprint density at radius 1 is 0.343 bits per heavy atom. The zero-order valence-electron chi connectivity index (χ0n) is 23.0. The van der Waals surface area contributed by atoms with Crippen molar-refractivity contribution in [3.8, 4) is 0 Å². The van der Waals surface area contributed by atoms with Crippen molar-refractivity contribution in [2.24, 2.45) is 0 Å². The number of carbonyl (C=O) groups is 2. The molecular formula is C20H49O11P3Ru. The van der Waals surface area contributed by atoms with Gasteiger partial charge in [-0.3, -0.25) is 0 Å². The van der Waals surface area contributed by atoms with Gasteiger partial charge in [-0.2, -0.15) is 0 Å². The molecule has 0 saturated carbocycles. The molecule has 0 spiro atoms. The van der Waals surface area contributed by atoms with Gasteiger partial charge >= 0.3 is 25.8 Å². The molecule has 0 fully saturated rings. The molecule has 0 bridgehead atoms. The van der Waals surface area contributed by atoms with Crippen LogP contribution in [0, 0.1) is 0 Å². The molecule has 15 heteroatoms. The molecule has 0 aromatic carbocycles. The maximum absolute atomic E-state index is 8.00. The van der Waals surface area contributed by atoms with Crippen LogP contribution < -0.4 is 0 Å². The minimum absolute atomic E-state index is 0. The van der Waals surface area contributed by atoms with E-state index in [1.165, 1.54) is 0 Å². The first-order valence-corrected chi connectivity index (χ1v) is 14.5. The van der Waals surface area contributed by atoms with Gasteiger partial charge in [-0.15, -0.1) is 0 Å². The van der Waals surface area contributed by atoms with Crippen LogP contribution in [0.2, 0.25) is 0 Å². The first-order valence-electron chi connectivity index (χ1n) is 11.2. The molecule has 0 aliphatic rings. The summed E-state index contributed by atoms with van der Waals surface area (Å²) < 4.78 is 46.3. The molecule has 0 aromatic rings. The third-order valence-electron chi connectivity index (χ3n) is 2.11. The SMILES string of the molecule is C=O.C=O.CCOP(OCC)OCC.CCOP(OCC)OCC.CCOP(OCC)OCC.[Ru]. The van der Waals surface area contributed by atoms with Crippen molar-refractivity contribution < 1.29 is 69.8 Å². The van der Waals surface area contributed by atoms with E-state index >= 15 is 0 Å². The van der Waals surface area contributed by atoms with Crippen molar-refractivity contribution in [2.45, 2.75) is 62.3 Å². The van der Waals surface area contributed by atoms with Gasteiger partial charge in [0.1, 0.15) is 13.6 Å². The third-order valence-corrected chi connectivity index (χ3v) is 6.33. The molecule has 218 valence electrons. The standard InChI is InChI=1S/3C6H15O3P.2CH2O.Ru/c3*1-4-7-10(8-5-2)9-6-3;2*1-2;/h3*4-6H2,1-3H3;2*1H2;. The predicted octanol–water partition coefficient (Wildman–Crippen LogP) is 6.60. The average Bonchev–Trinajstić information content (AvgIpc) is 2.84. The summed E-state index contributed by atoms with van der Waals surface area (Å²) in [6.07, 6.45) is 0. The van der Waals surface area contributed by atoms with Crippen molar-refractivity contribution in [1.82, 2.24) is 0 Å². The summed E-state index contributed by atoms with van der Waals surface area (Å²) in [5.74, 6) is 0. The van der Waals surface area contributed by atoms with E-state index in [9.17, 15) is 0 Å². The molecule has 0 saturated heterocycles. The molecule has 0 N–H and O–H groups in total. The molecule has 0 amide bonds. The normalized spacial score (nSPS) is 9.49. The predicted molar refractivity (Wildman–Crippen MR) is 140 cm³/mol. The van der Waals surface area contributed by atoms with Crippen LogP contribution in [0.4, 0.5) is 0 Å². The second-order valence-corrected chi connectivity index (χ2v) is 8.10. The Bertz CT molecular complexity index is 244. The first kappa shape index (κ1) is 48.9. The summed E-state index contributed by atoms with van der Waals surface area (Å²) in [6, 6.07) is 0. The van der Waals surface area contributed by atoms with Crippen LogP contribution in [0.3, 0.4) is 0 Å². The van der Waals surface area contributed by atoms with Crippen LogP contribution in [0.5, 0.6) is 0 Å². The first-order chi connectivity index (χ1) is 16.5. The molecule has 35 heavy (non-hydrogen) atoms. The number of carbonyl (C=O) groups excluding carboxylic acids is 2. The minimum atomic E-state index is -1.06. The van der Waals surface area contributed by atoms with Gasteiger partial charge in [0.2, 0.25) is 0 Å². The van der Waals surface area contributed by atoms with E-state index in [1.54, 1.807) is 0 Å². The van der Waals surface area contributed by atoms with Crippen LogP contribution in [0.25, 0.3) is 0 Å². The van der Waals surface area contributed by atoms with Gasteiger partial charge in [0.25, 0.3) is 0 Å². The fourth-order valence-electron chi connectivity index (χ4n) is 1.28. The van der Waals surface area contributed by atoms with E-state index in [1.807, 2.05) is 75.9 Å². The Labute approximate surface area is 230 Å². The summed E-state index contributed by atoms with van der Waals surface area (Å²) in [6.45, 7) is 27.1. The molecule has 11 nitrogen and oxygen atoms in total. The monoisotopic (exact) mass is 660 g/mol. The zero-order valence-corrected chi connectivity index (χ0v) is 27.4. The summed E-state index contributed by atoms with van der Waals surface area (Å²) in [5.41, 5.74) is 0. The quantitative estimate of drug-likeness (QED) is 0.117. The van der Waals surface area contributed by atoms with Crippen molar-refractivity contribution in [1.29, 1.82) is 0 Å².